The highest BCUT2D eigenvalue weighted by atomic mass is 35.5. The van der Waals surface area contributed by atoms with Gasteiger partial charge in [0.1, 0.15) is 5.82 Å². The molecule has 0 fully saturated rings. The van der Waals surface area contributed by atoms with Crippen LogP contribution in [0.2, 0.25) is 5.02 Å². The second-order valence-electron chi connectivity index (χ2n) is 5.89. The third-order valence-electron chi connectivity index (χ3n) is 4.18. The van der Waals surface area contributed by atoms with Gasteiger partial charge in [-0.25, -0.2) is 4.98 Å². The highest BCUT2D eigenvalue weighted by Crippen LogP contribution is 2.29. The van der Waals surface area contributed by atoms with Crippen molar-refractivity contribution in [1.82, 2.24) is 15.3 Å². The Morgan fingerprint density at radius 3 is 2.62 bits per heavy atom. The van der Waals surface area contributed by atoms with E-state index >= 15 is 0 Å². The Morgan fingerprint density at radius 2 is 1.92 bits per heavy atom. The predicted octanol–water partition coefficient (Wildman–Crippen LogP) is 3.44. The molecule has 0 bridgehead atoms. The lowest BCUT2D eigenvalue weighted by atomic mass is 10.1. The first-order chi connectivity index (χ1) is 12.5. The average molecular weight is 374 g/mol. The Balaban J connectivity index is 1.85. The number of hydrogen-bond acceptors (Lipinski definition) is 5. The Bertz CT molecular complexity index is 987. The van der Waals surface area contributed by atoms with Crippen molar-refractivity contribution in [3.63, 3.8) is 0 Å². The molecule has 2 aromatic carbocycles. The van der Waals surface area contributed by atoms with Crippen LogP contribution in [0, 0.1) is 0 Å². The Morgan fingerprint density at radius 1 is 1.19 bits per heavy atom. The number of nitrogens with one attached hydrogen (secondary N) is 2. The molecule has 3 rings (SSSR count). The maximum absolute atomic E-state index is 12.4. The molecule has 0 amide bonds. The second kappa shape index (κ2) is 7.76. The Kier molecular flexibility index (Phi) is 5.44. The fraction of sp³-hybridized carbons (Fsp3) is 0.263. The quantitative estimate of drug-likeness (QED) is 0.692. The van der Waals surface area contributed by atoms with Crippen LogP contribution in [0.5, 0.6) is 11.5 Å². The van der Waals surface area contributed by atoms with Crippen LogP contribution >= 0.6 is 11.6 Å². The van der Waals surface area contributed by atoms with Crippen molar-refractivity contribution in [3.05, 3.63) is 63.2 Å². The van der Waals surface area contributed by atoms with Gasteiger partial charge in [0, 0.05) is 17.1 Å². The highest BCUT2D eigenvalue weighted by molar-refractivity contribution is 6.30. The molecule has 0 saturated heterocycles. The van der Waals surface area contributed by atoms with Crippen LogP contribution in [-0.2, 0) is 6.54 Å². The third kappa shape index (κ3) is 3.81. The van der Waals surface area contributed by atoms with Crippen LogP contribution in [-0.4, -0.2) is 24.2 Å². The smallest absolute Gasteiger partial charge is 0.258 e. The van der Waals surface area contributed by atoms with Gasteiger partial charge in [0.15, 0.2) is 11.5 Å². The highest BCUT2D eigenvalue weighted by Gasteiger charge is 2.12. The molecule has 0 aliphatic heterocycles. The van der Waals surface area contributed by atoms with E-state index in [0.717, 1.165) is 5.56 Å². The third-order valence-corrected chi connectivity index (χ3v) is 4.42. The predicted molar refractivity (Wildman–Crippen MR) is 102 cm³/mol. The van der Waals surface area contributed by atoms with Gasteiger partial charge < -0.3 is 19.8 Å². The SMILES string of the molecule is COc1cc2nc(CN[C@@H](C)c3cccc(Cl)c3)[nH]c(=O)c2cc1OC. The molecule has 0 aliphatic rings. The maximum atomic E-state index is 12.4. The lowest BCUT2D eigenvalue weighted by molar-refractivity contribution is 0.355. The molecule has 7 heteroatoms. The summed E-state index contributed by atoms with van der Waals surface area (Å²) in [6, 6.07) is 11.0. The van der Waals surface area contributed by atoms with Crippen LogP contribution < -0.4 is 20.3 Å². The lowest BCUT2D eigenvalue weighted by Gasteiger charge is -2.14. The molecular weight excluding hydrogens is 354 g/mol. The number of nitrogens with zero attached hydrogens (tertiary/aromatic N) is 1. The van der Waals surface area contributed by atoms with E-state index in [1.54, 1.807) is 19.2 Å². The summed E-state index contributed by atoms with van der Waals surface area (Å²) in [5, 5.41) is 4.48. The van der Waals surface area contributed by atoms with Crippen molar-refractivity contribution in [1.29, 1.82) is 0 Å². The largest absolute Gasteiger partial charge is 0.493 e. The summed E-state index contributed by atoms with van der Waals surface area (Å²) < 4.78 is 10.5. The minimum atomic E-state index is -0.219. The van der Waals surface area contributed by atoms with Crippen molar-refractivity contribution >= 4 is 22.5 Å². The zero-order chi connectivity index (χ0) is 18.7. The standard InChI is InChI=1S/C19H20ClN3O3/c1-11(12-5-4-6-13(20)7-12)21-10-18-22-15-9-17(26-3)16(25-2)8-14(15)19(24)23-18/h4-9,11,21H,10H2,1-3H3,(H,22,23,24)/t11-/m0/s1. The summed E-state index contributed by atoms with van der Waals surface area (Å²) in [7, 11) is 3.08. The van der Waals surface area contributed by atoms with E-state index in [0.29, 0.717) is 39.8 Å². The van der Waals surface area contributed by atoms with E-state index in [4.69, 9.17) is 21.1 Å². The number of rotatable bonds is 6. The zero-order valence-electron chi connectivity index (χ0n) is 14.8. The fourth-order valence-corrected chi connectivity index (χ4v) is 2.94. The van der Waals surface area contributed by atoms with E-state index in [-0.39, 0.29) is 11.6 Å². The molecule has 3 aromatic rings. The van der Waals surface area contributed by atoms with Crippen molar-refractivity contribution in [2.75, 3.05) is 14.2 Å². The van der Waals surface area contributed by atoms with Crippen molar-refractivity contribution < 1.29 is 9.47 Å². The van der Waals surface area contributed by atoms with Crippen molar-refractivity contribution in [2.45, 2.75) is 19.5 Å². The lowest BCUT2D eigenvalue weighted by Crippen LogP contribution is -2.22. The number of methoxy groups -OCH3 is 2. The molecule has 0 radical (unpaired) electrons. The molecule has 0 spiro atoms. The first-order valence-electron chi connectivity index (χ1n) is 8.15. The first-order valence-corrected chi connectivity index (χ1v) is 8.53. The van der Waals surface area contributed by atoms with Gasteiger partial charge in [0.25, 0.3) is 5.56 Å². The van der Waals surface area contributed by atoms with E-state index < -0.39 is 0 Å². The summed E-state index contributed by atoms with van der Waals surface area (Å²) >= 11 is 6.04. The van der Waals surface area contributed by atoms with Gasteiger partial charge in [0.05, 0.1) is 31.7 Å². The molecule has 0 saturated carbocycles. The minimum Gasteiger partial charge on any atom is -0.493 e. The zero-order valence-corrected chi connectivity index (χ0v) is 15.6. The van der Waals surface area contributed by atoms with Gasteiger partial charge in [0.2, 0.25) is 0 Å². The van der Waals surface area contributed by atoms with Crippen molar-refractivity contribution in [3.8, 4) is 11.5 Å². The number of hydrogen-bond donors (Lipinski definition) is 2. The van der Waals surface area contributed by atoms with E-state index in [9.17, 15) is 4.79 Å². The van der Waals surface area contributed by atoms with Crippen LogP contribution in [0.1, 0.15) is 24.4 Å². The van der Waals surface area contributed by atoms with E-state index in [1.807, 2.05) is 31.2 Å². The van der Waals surface area contributed by atoms with Gasteiger partial charge in [-0.1, -0.05) is 23.7 Å². The summed E-state index contributed by atoms with van der Waals surface area (Å²) in [6.45, 7) is 2.44. The minimum absolute atomic E-state index is 0.0557. The number of fused-ring (bicyclic) bond motifs is 1. The van der Waals surface area contributed by atoms with Crippen LogP contribution in [0.25, 0.3) is 10.9 Å². The molecule has 0 unspecified atom stereocenters. The van der Waals surface area contributed by atoms with Crippen LogP contribution in [0.15, 0.2) is 41.2 Å². The number of aromatic nitrogens is 2. The van der Waals surface area contributed by atoms with Gasteiger partial charge in [-0.15, -0.1) is 0 Å². The number of H-pyrrole nitrogens is 1. The molecule has 1 heterocycles. The number of benzene rings is 2. The molecule has 1 aromatic heterocycles. The molecule has 1 atom stereocenters. The normalized spacial score (nSPS) is 12.2. The topological polar surface area (TPSA) is 76.2 Å². The van der Waals surface area contributed by atoms with Crippen molar-refractivity contribution in [2.24, 2.45) is 0 Å². The summed E-state index contributed by atoms with van der Waals surface area (Å²) in [6.07, 6.45) is 0. The monoisotopic (exact) mass is 373 g/mol. The summed E-state index contributed by atoms with van der Waals surface area (Å²) in [5.41, 5.74) is 1.40. The number of halogens is 1. The molecule has 26 heavy (non-hydrogen) atoms. The van der Waals surface area contributed by atoms with Gasteiger partial charge >= 0.3 is 0 Å². The van der Waals surface area contributed by atoms with Crippen LogP contribution in [0.4, 0.5) is 0 Å². The van der Waals surface area contributed by atoms with Gasteiger partial charge in [-0.3, -0.25) is 4.79 Å². The van der Waals surface area contributed by atoms with Gasteiger partial charge in [-0.2, -0.15) is 0 Å². The van der Waals surface area contributed by atoms with E-state index in [1.165, 1.54) is 7.11 Å². The first kappa shape index (κ1) is 18.2. The van der Waals surface area contributed by atoms with Gasteiger partial charge in [-0.05, 0) is 30.7 Å². The maximum Gasteiger partial charge on any atom is 0.258 e. The van der Waals surface area contributed by atoms with Crippen LogP contribution in [0.3, 0.4) is 0 Å². The molecule has 6 nitrogen and oxygen atoms in total. The average Bonchev–Trinajstić information content (AvgIpc) is 2.65. The fourth-order valence-electron chi connectivity index (χ4n) is 2.74. The summed E-state index contributed by atoms with van der Waals surface area (Å²) in [4.78, 5) is 19.7. The molecular formula is C19H20ClN3O3. The summed E-state index contributed by atoms with van der Waals surface area (Å²) in [5.74, 6) is 1.57. The Hall–Kier alpha value is -2.57. The molecule has 136 valence electrons. The number of aromatic amines is 1. The van der Waals surface area contributed by atoms with E-state index in [2.05, 4.69) is 15.3 Å². The number of ether oxygens (including phenoxy) is 2. The Labute approximate surface area is 156 Å². The second-order valence-corrected chi connectivity index (χ2v) is 6.33. The molecule has 2 N–H and O–H groups in total. The molecule has 0 aliphatic carbocycles.